The molecule has 180 valence electrons. The highest BCUT2D eigenvalue weighted by atomic mass is 16.5. The van der Waals surface area contributed by atoms with Gasteiger partial charge >= 0.3 is 12.1 Å². The second-order valence-corrected chi connectivity index (χ2v) is 9.06. The van der Waals surface area contributed by atoms with Gasteiger partial charge in [-0.25, -0.2) is 9.59 Å². The Kier molecular flexibility index (Phi) is 6.88. The Morgan fingerprint density at radius 1 is 1.06 bits per heavy atom. The van der Waals surface area contributed by atoms with Crippen LogP contribution in [0.4, 0.5) is 4.79 Å². The summed E-state index contributed by atoms with van der Waals surface area (Å²) in [5, 5.41) is 22.4. The van der Waals surface area contributed by atoms with Crippen LogP contribution in [-0.2, 0) is 14.3 Å². The van der Waals surface area contributed by atoms with Crippen molar-refractivity contribution in [3.8, 4) is 11.1 Å². The molecule has 2 amide bonds. The molecule has 0 bridgehead atoms. The van der Waals surface area contributed by atoms with Gasteiger partial charge < -0.3 is 25.2 Å². The molecule has 0 saturated heterocycles. The van der Waals surface area contributed by atoms with Crippen molar-refractivity contribution in [1.82, 2.24) is 10.2 Å². The van der Waals surface area contributed by atoms with Crippen molar-refractivity contribution < 1.29 is 29.3 Å². The fourth-order valence-electron chi connectivity index (χ4n) is 5.15. The predicted octanol–water partition coefficient (Wildman–Crippen LogP) is 3.13. The Hall–Kier alpha value is -3.39. The van der Waals surface area contributed by atoms with E-state index in [0.29, 0.717) is 12.8 Å². The number of carboxylic acids is 1. The van der Waals surface area contributed by atoms with E-state index in [9.17, 15) is 24.6 Å². The standard InChI is InChI=1S/C26H30N2O6/c1-28(26(24(31)32)12-6-7-13-26)23(30)14-17(29)15-27-25(33)34-16-22-20-10-4-2-8-18(20)19-9-3-5-11-21(19)22/h2-5,8-11,17,22,29H,6-7,12-16H2,1H3,(H,27,33)(H,31,32). The van der Waals surface area contributed by atoms with E-state index in [2.05, 4.69) is 17.4 Å². The summed E-state index contributed by atoms with van der Waals surface area (Å²) >= 11 is 0. The fourth-order valence-corrected chi connectivity index (χ4v) is 5.15. The van der Waals surface area contributed by atoms with Crippen LogP contribution in [-0.4, -0.2) is 64.9 Å². The number of carbonyl (C=O) groups is 3. The smallest absolute Gasteiger partial charge is 0.407 e. The molecule has 0 heterocycles. The highest BCUT2D eigenvalue weighted by Crippen LogP contribution is 2.44. The SMILES string of the molecule is CN(C(=O)CC(O)CNC(=O)OCC1c2ccccc2-c2ccccc21)C1(C(=O)O)CCCC1. The lowest BCUT2D eigenvalue weighted by Gasteiger charge is -2.35. The summed E-state index contributed by atoms with van der Waals surface area (Å²) in [7, 11) is 1.47. The minimum absolute atomic E-state index is 0.0723. The van der Waals surface area contributed by atoms with E-state index in [-0.39, 0.29) is 25.5 Å². The van der Waals surface area contributed by atoms with Crippen molar-refractivity contribution in [2.75, 3.05) is 20.2 Å². The van der Waals surface area contributed by atoms with Gasteiger partial charge in [0, 0.05) is 19.5 Å². The zero-order chi connectivity index (χ0) is 24.3. The molecule has 0 aromatic heterocycles. The monoisotopic (exact) mass is 466 g/mol. The molecule has 2 aromatic carbocycles. The van der Waals surface area contributed by atoms with Crippen LogP contribution in [0.3, 0.4) is 0 Å². The Labute approximate surface area is 198 Å². The molecule has 4 rings (SSSR count). The first-order valence-electron chi connectivity index (χ1n) is 11.6. The average molecular weight is 467 g/mol. The maximum absolute atomic E-state index is 12.6. The zero-order valence-electron chi connectivity index (χ0n) is 19.2. The number of ether oxygens (including phenoxy) is 1. The second kappa shape index (κ2) is 9.85. The Balaban J connectivity index is 1.28. The Morgan fingerprint density at radius 3 is 2.18 bits per heavy atom. The number of benzene rings is 2. The number of fused-ring (bicyclic) bond motifs is 3. The molecule has 2 aliphatic rings. The number of alkyl carbamates (subject to hydrolysis) is 1. The van der Waals surface area contributed by atoms with Crippen molar-refractivity contribution in [2.24, 2.45) is 0 Å². The van der Waals surface area contributed by atoms with Gasteiger partial charge in [0.1, 0.15) is 12.1 Å². The van der Waals surface area contributed by atoms with E-state index in [1.807, 2.05) is 36.4 Å². The molecule has 8 heteroatoms. The number of hydrogen-bond acceptors (Lipinski definition) is 5. The Morgan fingerprint density at radius 2 is 1.62 bits per heavy atom. The largest absolute Gasteiger partial charge is 0.479 e. The number of carboxylic acid groups (broad SMARTS) is 1. The lowest BCUT2D eigenvalue weighted by molar-refractivity contribution is -0.158. The topological polar surface area (TPSA) is 116 Å². The summed E-state index contributed by atoms with van der Waals surface area (Å²) < 4.78 is 5.44. The summed E-state index contributed by atoms with van der Waals surface area (Å²) in [5.41, 5.74) is 3.25. The normalized spacial score (nSPS) is 16.9. The van der Waals surface area contributed by atoms with E-state index in [4.69, 9.17) is 4.74 Å². The first kappa shape index (κ1) is 23.8. The molecule has 0 spiro atoms. The van der Waals surface area contributed by atoms with E-state index in [0.717, 1.165) is 35.1 Å². The van der Waals surface area contributed by atoms with Gasteiger partial charge in [0.15, 0.2) is 0 Å². The summed E-state index contributed by atoms with van der Waals surface area (Å²) in [6.07, 6.45) is 0.181. The van der Waals surface area contributed by atoms with E-state index in [1.165, 1.54) is 11.9 Å². The lowest BCUT2D eigenvalue weighted by atomic mass is 9.95. The van der Waals surface area contributed by atoms with Crippen LogP contribution >= 0.6 is 0 Å². The van der Waals surface area contributed by atoms with E-state index >= 15 is 0 Å². The maximum atomic E-state index is 12.6. The first-order valence-corrected chi connectivity index (χ1v) is 11.6. The van der Waals surface area contributed by atoms with Gasteiger partial charge in [-0.2, -0.15) is 0 Å². The second-order valence-electron chi connectivity index (χ2n) is 9.06. The van der Waals surface area contributed by atoms with Gasteiger partial charge in [-0.3, -0.25) is 4.79 Å². The van der Waals surface area contributed by atoms with Crippen LogP contribution in [0, 0.1) is 0 Å². The van der Waals surface area contributed by atoms with Crippen molar-refractivity contribution >= 4 is 18.0 Å². The van der Waals surface area contributed by atoms with Gasteiger partial charge in [-0.05, 0) is 35.1 Å². The predicted molar refractivity (Wildman–Crippen MR) is 125 cm³/mol. The molecule has 0 radical (unpaired) electrons. The van der Waals surface area contributed by atoms with E-state index < -0.39 is 29.6 Å². The number of nitrogens with one attached hydrogen (secondary N) is 1. The van der Waals surface area contributed by atoms with E-state index in [1.54, 1.807) is 0 Å². The molecule has 34 heavy (non-hydrogen) atoms. The van der Waals surface area contributed by atoms with Crippen LogP contribution < -0.4 is 5.32 Å². The summed E-state index contributed by atoms with van der Waals surface area (Å²) in [5.74, 6) is -1.56. The van der Waals surface area contributed by atoms with Crippen LogP contribution in [0.1, 0.15) is 49.1 Å². The van der Waals surface area contributed by atoms with Gasteiger partial charge in [0.05, 0.1) is 12.5 Å². The van der Waals surface area contributed by atoms with Crippen LogP contribution in [0.25, 0.3) is 11.1 Å². The minimum atomic E-state index is -1.21. The van der Waals surface area contributed by atoms with Crippen molar-refractivity contribution in [3.05, 3.63) is 59.7 Å². The van der Waals surface area contributed by atoms with Crippen molar-refractivity contribution in [2.45, 2.75) is 49.7 Å². The molecule has 3 N–H and O–H groups in total. The molecule has 8 nitrogen and oxygen atoms in total. The van der Waals surface area contributed by atoms with Crippen LogP contribution in [0.2, 0.25) is 0 Å². The third-order valence-corrected chi connectivity index (χ3v) is 7.08. The van der Waals surface area contributed by atoms with Crippen LogP contribution in [0.5, 0.6) is 0 Å². The third kappa shape index (κ3) is 4.50. The third-order valence-electron chi connectivity index (χ3n) is 7.08. The number of aliphatic carboxylic acids is 1. The molecular formula is C26H30N2O6. The highest BCUT2D eigenvalue weighted by molar-refractivity contribution is 5.87. The molecule has 2 aromatic rings. The van der Waals surface area contributed by atoms with Gasteiger partial charge in [-0.1, -0.05) is 61.4 Å². The van der Waals surface area contributed by atoms with Crippen molar-refractivity contribution in [3.63, 3.8) is 0 Å². The van der Waals surface area contributed by atoms with Gasteiger partial charge in [0.2, 0.25) is 5.91 Å². The number of amides is 2. The molecule has 1 atom stereocenters. The molecule has 1 fully saturated rings. The quantitative estimate of drug-likeness (QED) is 0.550. The van der Waals surface area contributed by atoms with Crippen molar-refractivity contribution in [1.29, 1.82) is 0 Å². The molecule has 0 aliphatic heterocycles. The Bertz CT molecular complexity index is 1030. The molecule has 2 aliphatic carbocycles. The fraction of sp³-hybridized carbons (Fsp3) is 0.423. The lowest BCUT2D eigenvalue weighted by Crippen LogP contribution is -2.54. The molecular weight excluding hydrogens is 436 g/mol. The highest BCUT2D eigenvalue weighted by Gasteiger charge is 2.47. The average Bonchev–Trinajstić information content (AvgIpc) is 3.45. The summed E-state index contributed by atoms with van der Waals surface area (Å²) in [6, 6.07) is 16.1. The summed E-state index contributed by atoms with van der Waals surface area (Å²) in [4.78, 5) is 37.9. The minimum Gasteiger partial charge on any atom is -0.479 e. The number of likely N-dealkylation sites (N-methyl/N-ethyl adjacent to an activating group) is 1. The summed E-state index contributed by atoms with van der Waals surface area (Å²) in [6.45, 7) is -0.0188. The first-order chi connectivity index (χ1) is 16.3. The molecule has 1 unspecified atom stereocenters. The zero-order valence-corrected chi connectivity index (χ0v) is 19.2. The number of rotatable bonds is 8. The number of nitrogens with zero attached hydrogens (tertiary/aromatic N) is 1. The molecule has 1 saturated carbocycles. The number of aliphatic hydroxyl groups is 1. The maximum Gasteiger partial charge on any atom is 0.407 e. The number of aliphatic hydroxyl groups excluding tert-OH is 1. The van der Waals surface area contributed by atoms with Gasteiger partial charge in [-0.15, -0.1) is 0 Å². The number of hydrogen-bond donors (Lipinski definition) is 3. The number of carbonyl (C=O) groups excluding carboxylic acids is 2. The van der Waals surface area contributed by atoms with Crippen LogP contribution in [0.15, 0.2) is 48.5 Å². The van der Waals surface area contributed by atoms with Gasteiger partial charge in [0.25, 0.3) is 0 Å².